The molecule has 1 atom stereocenters. The second-order valence-corrected chi connectivity index (χ2v) is 5.88. The van der Waals surface area contributed by atoms with Crippen molar-refractivity contribution in [3.63, 3.8) is 0 Å². The van der Waals surface area contributed by atoms with E-state index in [4.69, 9.17) is 0 Å². The third kappa shape index (κ3) is 2.95. The van der Waals surface area contributed by atoms with Gasteiger partial charge in [0.1, 0.15) is 0 Å². The van der Waals surface area contributed by atoms with E-state index >= 15 is 0 Å². The first-order valence-electron chi connectivity index (χ1n) is 6.99. The molecule has 0 spiro atoms. The van der Waals surface area contributed by atoms with Gasteiger partial charge in [0.25, 0.3) is 0 Å². The number of amides is 1. The maximum Gasteiger partial charge on any atom is 0.233 e. The first-order chi connectivity index (χ1) is 10.3. The molecule has 1 amide bonds. The fraction of sp³-hybridized carbons (Fsp3) is 0.176. The zero-order valence-electron chi connectivity index (χ0n) is 11.7. The van der Waals surface area contributed by atoms with Crippen LogP contribution in [-0.4, -0.2) is 10.9 Å². The summed E-state index contributed by atoms with van der Waals surface area (Å²) < 4.78 is 1.08. The quantitative estimate of drug-likeness (QED) is 0.774. The molecule has 0 bridgehead atoms. The fourth-order valence-corrected chi connectivity index (χ4v) is 3.24. The van der Waals surface area contributed by atoms with E-state index in [1.807, 2.05) is 61.5 Å². The third-order valence-corrected chi connectivity index (χ3v) is 4.40. The van der Waals surface area contributed by atoms with Crippen LogP contribution in [0.15, 0.2) is 54.6 Å². The van der Waals surface area contributed by atoms with E-state index in [1.165, 1.54) is 11.3 Å². The van der Waals surface area contributed by atoms with Crippen LogP contribution in [0, 0.1) is 0 Å². The van der Waals surface area contributed by atoms with Gasteiger partial charge in [0.15, 0.2) is 5.13 Å². The van der Waals surface area contributed by atoms with Gasteiger partial charge in [-0.3, -0.25) is 4.79 Å². The standard InChI is InChI=1S/C17H16N2OS/c1-2-13(12-8-4-3-5-9-12)16(20)19-17-18-14-10-6-7-11-15(14)21-17/h3-11,13H,2H2,1H3,(H,18,19,20). The van der Waals surface area contributed by atoms with Crippen molar-refractivity contribution in [2.75, 3.05) is 5.32 Å². The van der Waals surface area contributed by atoms with Gasteiger partial charge in [-0.05, 0) is 24.1 Å². The summed E-state index contributed by atoms with van der Waals surface area (Å²) >= 11 is 1.51. The number of thiazole rings is 1. The molecule has 0 saturated heterocycles. The Morgan fingerprint density at radius 3 is 2.57 bits per heavy atom. The second-order valence-electron chi connectivity index (χ2n) is 4.85. The van der Waals surface area contributed by atoms with Crippen molar-refractivity contribution in [1.82, 2.24) is 4.98 Å². The van der Waals surface area contributed by atoms with Crippen LogP contribution in [0.1, 0.15) is 24.8 Å². The van der Waals surface area contributed by atoms with E-state index in [9.17, 15) is 4.79 Å². The first kappa shape index (κ1) is 13.8. The topological polar surface area (TPSA) is 42.0 Å². The second kappa shape index (κ2) is 6.06. The Bertz CT molecular complexity index is 719. The van der Waals surface area contributed by atoms with E-state index in [0.717, 1.165) is 22.2 Å². The van der Waals surface area contributed by atoms with Gasteiger partial charge in [0, 0.05) is 0 Å². The minimum absolute atomic E-state index is 0.00255. The number of anilines is 1. The molecule has 3 rings (SSSR count). The van der Waals surface area contributed by atoms with Crippen LogP contribution in [0.25, 0.3) is 10.2 Å². The van der Waals surface area contributed by atoms with Gasteiger partial charge in [0.2, 0.25) is 5.91 Å². The molecule has 3 aromatic rings. The Labute approximate surface area is 127 Å². The summed E-state index contributed by atoms with van der Waals surface area (Å²) in [5, 5.41) is 3.61. The highest BCUT2D eigenvalue weighted by Crippen LogP contribution is 2.27. The lowest BCUT2D eigenvalue weighted by Crippen LogP contribution is -2.20. The molecule has 0 saturated carbocycles. The number of nitrogens with zero attached hydrogens (tertiary/aromatic N) is 1. The molecular formula is C17H16N2OS. The van der Waals surface area contributed by atoms with Crippen molar-refractivity contribution in [1.29, 1.82) is 0 Å². The number of benzene rings is 2. The number of hydrogen-bond donors (Lipinski definition) is 1. The van der Waals surface area contributed by atoms with Gasteiger partial charge in [-0.2, -0.15) is 0 Å². The molecule has 0 aliphatic heterocycles. The third-order valence-electron chi connectivity index (χ3n) is 3.45. The molecule has 3 nitrogen and oxygen atoms in total. The van der Waals surface area contributed by atoms with Crippen molar-refractivity contribution >= 4 is 32.6 Å². The van der Waals surface area contributed by atoms with Crippen LogP contribution >= 0.6 is 11.3 Å². The Kier molecular flexibility index (Phi) is 3.97. The molecule has 2 aromatic carbocycles. The zero-order valence-corrected chi connectivity index (χ0v) is 12.6. The Balaban J connectivity index is 1.81. The van der Waals surface area contributed by atoms with Gasteiger partial charge in [0.05, 0.1) is 16.1 Å². The zero-order chi connectivity index (χ0) is 14.7. The normalized spacial score (nSPS) is 12.2. The number of aromatic nitrogens is 1. The molecule has 1 N–H and O–H groups in total. The van der Waals surface area contributed by atoms with Crippen molar-refractivity contribution in [3.05, 3.63) is 60.2 Å². The number of fused-ring (bicyclic) bond motifs is 1. The number of carbonyl (C=O) groups excluding carboxylic acids is 1. The van der Waals surface area contributed by atoms with Gasteiger partial charge in [-0.25, -0.2) is 4.98 Å². The van der Waals surface area contributed by atoms with Crippen molar-refractivity contribution in [2.45, 2.75) is 19.3 Å². The smallest absolute Gasteiger partial charge is 0.233 e. The summed E-state index contributed by atoms with van der Waals surface area (Å²) in [4.78, 5) is 16.9. The van der Waals surface area contributed by atoms with E-state index in [0.29, 0.717) is 5.13 Å². The number of hydrogen-bond acceptors (Lipinski definition) is 3. The SMILES string of the molecule is CCC(C(=O)Nc1nc2ccccc2s1)c1ccccc1. The van der Waals surface area contributed by atoms with E-state index in [1.54, 1.807) is 0 Å². The number of para-hydroxylation sites is 1. The largest absolute Gasteiger partial charge is 0.301 e. The summed E-state index contributed by atoms with van der Waals surface area (Å²) in [7, 11) is 0. The van der Waals surface area contributed by atoms with Gasteiger partial charge >= 0.3 is 0 Å². The highest BCUT2D eigenvalue weighted by atomic mass is 32.1. The average molecular weight is 296 g/mol. The molecule has 0 aliphatic carbocycles. The summed E-state index contributed by atoms with van der Waals surface area (Å²) in [6.45, 7) is 2.02. The van der Waals surface area contributed by atoms with Gasteiger partial charge in [-0.15, -0.1) is 0 Å². The molecule has 1 unspecified atom stereocenters. The minimum atomic E-state index is -0.141. The average Bonchev–Trinajstić information content (AvgIpc) is 2.91. The van der Waals surface area contributed by atoms with Crippen molar-refractivity contribution in [2.24, 2.45) is 0 Å². The summed E-state index contributed by atoms with van der Waals surface area (Å²) in [6, 6.07) is 17.8. The first-order valence-corrected chi connectivity index (χ1v) is 7.81. The molecule has 21 heavy (non-hydrogen) atoms. The molecular weight excluding hydrogens is 280 g/mol. The predicted octanol–water partition coefficient (Wildman–Crippen LogP) is 4.43. The number of nitrogens with one attached hydrogen (secondary N) is 1. The van der Waals surface area contributed by atoms with Crippen molar-refractivity contribution < 1.29 is 4.79 Å². The van der Waals surface area contributed by atoms with Crippen LogP contribution in [0.4, 0.5) is 5.13 Å². The highest BCUT2D eigenvalue weighted by molar-refractivity contribution is 7.22. The van der Waals surface area contributed by atoms with Crippen molar-refractivity contribution in [3.8, 4) is 0 Å². The maximum atomic E-state index is 12.5. The van der Waals surface area contributed by atoms with Crippen LogP contribution in [0.5, 0.6) is 0 Å². The van der Waals surface area contributed by atoms with E-state index in [2.05, 4.69) is 10.3 Å². The molecule has 4 heteroatoms. The predicted molar refractivity (Wildman–Crippen MR) is 87.7 cm³/mol. The van der Waals surface area contributed by atoms with Crippen LogP contribution in [-0.2, 0) is 4.79 Å². The summed E-state index contributed by atoms with van der Waals surface area (Å²) in [5.41, 5.74) is 1.96. The Hall–Kier alpha value is -2.20. The van der Waals surface area contributed by atoms with Crippen LogP contribution < -0.4 is 5.32 Å². The van der Waals surface area contributed by atoms with Gasteiger partial charge in [-0.1, -0.05) is 60.7 Å². The lowest BCUT2D eigenvalue weighted by molar-refractivity contribution is -0.117. The number of carbonyl (C=O) groups is 1. The molecule has 106 valence electrons. The van der Waals surface area contributed by atoms with Crippen LogP contribution in [0.3, 0.4) is 0 Å². The van der Waals surface area contributed by atoms with Gasteiger partial charge < -0.3 is 5.32 Å². The lowest BCUT2D eigenvalue weighted by Gasteiger charge is -2.13. The number of rotatable bonds is 4. The summed E-state index contributed by atoms with van der Waals surface area (Å²) in [5.74, 6) is -0.138. The highest BCUT2D eigenvalue weighted by Gasteiger charge is 2.19. The van der Waals surface area contributed by atoms with E-state index < -0.39 is 0 Å². The Morgan fingerprint density at radius 2 is 1.86 bits per heavy atom. The monoisotopic (exact) mass is 296 g/mol. The molecule has 1 aromatic heterocycles. The molecule has 0 aliphatic rings. The van der Waals surface area contributed by atoms with Crippen LogP contribution in [0.2, 0.25) is 0 Å². The molecule has 0 fully saturated rings. The minimum Gasteiger partial charge on any atom is -0.301 e. The summed E-state index contributed by atoms with van der Waals surface area (Å²) in [6.07, 6.45) is 0.765. The fourth-order valence-electron chi connectivity index (χ4n) is 2.38. The Morgan fingerprint density at radius 1 is 1.14 bits per heavy atom. The lowest BCUT2D eigenvalue weighted by atomic mass is 9.96. The van der Waals surface area contributed by atoms with E-state index in [-0.39, 0.29) is 11.8 Å². The maximum absolute atomic E-state index is 12.5. The molecule has 0 radical (unpaired) electrons. The molecule has 1 heterocycles.